The predicted octanol–water partition coefficient (Wildman–Crippen LogP) is 4.95. The van der Waals surface area contributed by atoms with Gasteiger partial charge in [0, 0.05) is 28.5 Å². The van der Waals surface area contributed by atoms with E-state index in [2.05, 4.69) is 25.1 Å². The molecule has 2 aromatic carbocycles. The van der Waals surface area contributed by atoms with Crippen molar-refractivity contribution in [3.05, 3.63) is 94.2 Å². The summed E-state index contributed by atoms with van der Waals surface area (Å²) in [7, 11) is -3.86. The molecule has 0 unspecified atom stereocenters. The molecule has 12 heteroatoms. The van der Waals surface area contributed by atoms with E-state index in [4.69, 9.17) is 11.6 Å². The van der Waals surface area contributed by atoms with Gasteiger partial charge in [0.1, 0.15) is 4.83 Å². The van der Waals surface area contributed by atoms with E-state index >= 15 is 0 Å². The number of nitrogens with one attached hydrogen (secondary N) is 2. The zero-order chi connectivity index (χ0) is 25.3. The summed E-state index contributed by atoms with van der Waals surface area (Å²) in [6.07, 6.45) is 2.88. The van der Waals surface area contributed by atoms with Crippen LogP contribution in [-0.4, -0.2) is 34.1 Å². The van der Waals surface area contributed by atoms with Crippen molar-refractivity contribution in [3.8, 4) is 0 Å². The second kappa shape index (κ2) is 9.69. The minimum atomic E-state index is -3.86. The van der Waals surface area contributed by atoms with E-state index in [1.165, 1.54) is 48.0 Å². The maximum Gasteiger partial charge on any atom is 0.265 e. The van der Waals surface area contributed by atoms with Crippen molar-refractivity contribution in [2.45, 2.75) is 18.4 Å². The van der Waals surface area contributed by atoms with Crippen molar-refractivity contribution in [1.29, 1.82) is 0 Å². The van der Waals surface area contributed by atoms with Crippen LogP contribution >= 0.6 is 22.9 Å². The molecule has 182 valence electrons. The number of aromatic nitrogens is 4. The van der Waals surface area contributed by atoms with Crippen LogP contribution in [0.5, 0.6) is 0 Å². The number of anilines is 2. The summed E-state index contributed by atoms with van der Waals surface area (Å²) in [5.41, 5.74) is 2.21. The number of rotatable bonds is 7. The quantitative estimate of drug-likeness (QED) is 0.302. The first-order valence-electron chi connectivity index (χ1n) is 10.7. The Hall–Kier alpha value is -3.80. The molecule has 0 fully saturated rings. The Morgan fingerprint density at radius 1 is 1.06 bits per heavy atom. The lowest BCUT2D eigenvalue weighted by Crippen LogP contribution is -2.15. The lowest BCUT2D eigenvalue weighted by molar-refractivity contribution is 0.103. The molecule has 0 radical (unpaired) electrons. The second-order valence-electron chi connectivity index (χ2n) is 7.82. The van der Waals surface area contributed by atoms with Gasteiger partial charge in [0.15, 0.2) is 0 Å². The van der Waals surface area contributed by atoms with E-state index in [1.54, 1.807) is 6.07 Å². The van der Waals surface area contributed by atoms with Crippen LogP contribution in [0.15, 0.2) is 78.0 Å². The third-order valence-corrected chi connectivity index (χ3v) is 8.18. The number of carbonyl (C=O) groups is 1. The topological polar surface area (TPSA) is 119 Å². The van der Waals surface area contributed by atoms with Crippen molar-refractivity contribution in [3.63, 3.8) is 0 Å². The number of hydrogen-bond acceptors (Lipinski definition) is 7. The van der Waals surface area contributed by atoms with Crippen LogP contribution in [0, 0.1) is 6.92 Å². The fourth-order valence-electron chi connectivity index (χ4n) is 3.56. The van der Waals surface area contributed by atoms with Crippen LogP contribution in [0.3, 0.4) is 0 Å². The first-order chi connectivity index (χ1) is 17.3. The monoisotopic (exact) mass is 538 g/mol. The number of amides is 1. The molecule has 0 saturated carbocycles. The van der Waals surface area contributed by atoms with Crippen LogP contribution in [-0.2, 0) is 16.6 Å². The maximum atomic E-state index is 12.9. The SMILES string of the molecule is Cc1nn(Cc2ccccc2Cl)c2sc(C(=O)Nc3ccc(S(=O)(=O)Nc4ncccn4)cc3)cc12. The van der Waals surface area contributed by atoms with Crippen LogP contribution < -0.4 is 10.0 Å². The van der Waals surface area contributed by atoms with E-state index < -0.39 is 10.0 Å². The number of aryl methyl sites for hydroxylation is 1. The Labute approximate surface area is 215 Å². The molecular weight excluding hydrogens is 520 g/mol. The minimum absolute atomic E-state index is 0.0186. The molecule has 0 saturated heterocycles. The van der Waals surface area contributed by atoms with Crippen molar-refractivity contribution in [2.75, 3.05) is 10.0 Å². The maximum absolute atomic E-state index is 12.9. The lowest BCUT2D eigenvalue weighted by atomic mass is 10.2. The van der Waals surface area contributed by atoms with Gasteiger partial charge in [-0.15, -0.1) is 11.3 Å². The van der Waals surface area contributed by atoms with Crippen LogP contribution in [0.4, 0.5) is 11.6 Å². The van der Waals surface area contributed by atoms with Gasteiger partial charge in [-0.1, -0.05) is 29.8 Å². The Balaban J connectivity index is 1.32. The number of carbonyl (C=O) groups excluding carboxylic acids is 1. The molecule has 36 heavy (non-hydrogen) atoms. The van der Waals surface area contributed by atoms with E-state index in [0.717, 1.165) is 21.5 Å². The van der Waals surface area contributed by atoms with Gasteiger partial charge in [-0.3, -0.25) is 9.48 Å². The number of fused-ring (bicyclic) bond motifs is 1. The molecule has 3 aromatic heterocycles. The first-order valence-corrected chi connectivity index (χ1v) is 13.4. The van der Waals surface area contributed by atoms with Crippen molar-refractivity contribution in [1.82, 2.24) is 19.7 Å². The van der Waals surface area contributed by atoms with Gasteiger partial charge in [0.25, 0.3) is 15.9 Å². The van der Waals surface area contributed by atoms with Gasteiger partial charge >= 0.3 is 0 Å². The van der Waals surface area contributed by atoms with Gasteiger partial charge in [-0.2, -0.15) is 5.10 Å². The first kappa shape index (κ1) is 23.9. The number of hydrogen-bond donors (Lipinski definition) is 2. The average molecular weight is 539 g/mol. The van der Waals surface area contributed by atoms with E-state index in [9.17, 15) is 13.2 Å². The highest BCUT2D eigenvalue weighted by Crippen LogP contribution is 2.30. The molecule has 3 heterocycles. The number of thiophene rings is 1. The summed E-state index contributed by atoms with van der Waals surface area (Å²) < 4.78 is 29.3. The third kappa shape index (κ3) is 4.94. The minimum Gasteiger partial charge on any atom is -0.321 e. The smallest absolute Gasteiger partial charge is 0.265 e. The summed E-state index contributed by atoms with van der Waals surface area (Å²) in [6, 6.07) is 16.8. The number of nitrogens with zero attached hydrogens (tertiary/aromatic N) is 4. The predicted molar refractivity (Wildman–Crippen MR) is 140 cm³/mol. The van der Waals surface area contributed by atoms with E-state index in [0.29, 0.717) is 22.1 Å². The van der Waals surface area contributed by atoms with Crippen LogP contribution in [0.1, 0.15) is 20.9 Å². The zero-order valence-corrected chi connectivity index (χ0v) is 21.2. The summed E-state index contributed by atoms with van der Waals surface area (Å²) in [5, 5.41) is 8.97. The molecule has 5 rings (SSSR count). The molecule has 0 atom stereocenters. The largest absolute Gasteiger partial charge is 0.321 e. The third-order valence-electron chi connectivity index (χ3n) is 5.32. The molecular formula is C24H19ClN6O3S2. The van der Waals surface area contributed by atoms with Gasteiger partial charge in [0.05, 0.1) is 22.0 Å². The van der Waals surface area contributed by atoms with Gasteiger partial charge in [-0.25, -0.2) is 23.1 Å². The summed E-state index contributed by atoms with van der Waals surface area (Å²) >= 11 is 7.64. The Kier molecular flexibility index (Phi) is 6.44. The van der Waals surface area contributed by atoms with Crippen molar-refractivity contribution < 1.29 is 13.2 Å². The molecule has 9 nitrogen and oxygen atoms in total. The fourth-order valence-corrected chi connectivity index (χ4v) is 5.77. The number of sulfonamides is 1. The highest BCUT2D eigenvalue weighted by atomic mass is 35.5. The van der Waals surface area contributed by atoms with Gasteiger partial charge in [0.2, 0.25) is 5.95 Å². The van der Waals surface area contributed by atoms with E-state index in [-0.39, 0.29) is 16.8 Å². The summed E-state index contributed by atoms with van der Waals surface area (Å²) in [6.45, 7) is 2.39. The van der Waals surface area contributed by atoms with Gasteiger partial charge < -0.3 is 5.32 Å². The molecule has 2 N–H and O–H groups in total. The lowest BCUT2D eigenvalue weighted by Gasteiger charge is -2.08. The highest BCUT2D eigenvalue weighted by molar-refractivity contribution is 7.92. The fraction of sp³-hybridized carbons (Fsp3) is 0.0833. The average Bonchev–Trinajstić information content (AvgIpc) is 3.42. The van der Waals surface area contributed by atoms with Crippen LogP contribution in [0.2, 0.25) is 5.02 Å². The Bertz CT molecular complexity index is 1670. The van der Waals surface area contributed by atoms with Crippen molar-refractivity contribution >= 4 is 60.7 Å². The molecule has 5 aromatic rings. The van der Waals surface area contributed by atoms with Gasteiger partial charge in [-0.05, 0) is 55.0 Å². The standard InChI is InChI=1S/C24H19ClN6O3S2/c1-15-19-13-21(35-23(19)31(29-15)14-16-5-2-3-6-20(16)25)22(32)28-17-7-9-18(10-8-17)36(33,34)30-24-26-11-4-12-27-24/h2-13H,14H2,1H3,(H,28,32)(H,26,27,30). The molecule has 0 aliphatic rings. The normalized spacial score (nSPS) is 11.5. The molecule has 0 aliphatic carbocycles. The number of benzene rings is 2. The Morgan fingerprint density at radius 2 is 1.78 bits per heavy atom. The highest BCUT2D eigenvalue weighted by Gasteiger charge is 2.19. The number of halogens is 1. The second-order valence-corrected chi connectivity index (χ2v) is 10.9. The molecule has 0 spiro atoms. The van der Waals surface area contributed by atoms with Crippen molar-refractivity contribution in [2.24, 2.45) is 0 Å². The Morgan fingerprint density at radius 3 is 2.50 bits per heavy atom. The van der Waals surface area contributed by atoms with Crippen LogP contribution in [0.25, 0.3) is 10.2 Å². The summed E-state index contributed by atoms with van der Waals surface area (Å²) in [5.74, 6) is -0.325. The molecule has 0 aliphatic heterocycles. The molecule has 0 bridgehead atoms. The zero-order valence-electron chi connectivity index (χ0n) is 18.8. The summed E-state index contributed by atoms with van der Waals surface area (Å²) in [4.78, 5) is 22.1. The van der Waals surface area contributed by atoms with E-state index in [1.807, 2.05) is 41.9 Å². The molecule has 1 amide bonds.